The van der Waals surface area contributed by atoms with Crippen LogP contribution in [0, 0.1) is 0 Å². The number of carbonyl (C=O) groups is 3. The van der Waals surface area contributed by atoms with E-state index in [1.54, 1.807) is 0 Å². The molecule has 0 unspecified atom stereocenters. The van der Waals surface area contributed by atoms with Crippen LogP contribution in [0.4, 0.5) is 23.8 Å². The van der Waals surface area contributed by atoms with Crippen molar-refractivity contribution in [3.63, 3.8) is 0 Å². The molecule has 2 aromatic rings. The third-order valence-corrected chi connectivity index (χ3v) is 4.39. The van der Waals surface area contributed by atoms with Crippen molar-refractivity contribution in [2.75, 3.05) is 18.5 Å². The van der Waals surface area contributed by atoms with Gasteiger partial charge < -0.3 is 9.84 Å². The molecule has 30 heavy (non-hydrogen) atoms. The van der Waals surface area contributed by atoms with Crippen LogP contribution in [0.3, 0.4) is 0 Å². The van der Waals surface area contributed by atoms with Crippen LogP contribution in [0.25, 0.3) is 11.3 Å². The Hall–Kier alpha value is -3.70. The van der Waals surface area contributed by atoms with Crippen LogP contribution in [0.15, 0.2) is 36.7 Å². The molecule has 158 valence electrons. The molecule has 0 bridgehead atoms. The first-order valence-corrected chi connectivity index (χ1v) is 8.52. The number of hydrogen-bond acceptors (Lipinski definition) is 6. The molecular weight excluding hydrogens is 409 g/mol. The molecule has 1 aromatic carbocycles. The van der Waals surface area contributed by atoms with E-state index in [0.717, 1.165) is 28.3 Å². The van der Waals surface area contributed by atoms with Gasteiger partial charge in [-0.15, -0.1) is 13.2 Å². The van der Waals surface area contributed by atoms with Crippen molar-refractivity contribution < 1.29 is 37.4 Å². The highest BCUT2D eigenvalue weighted by molar-refractivity contribution is 6.03. The van der Waals surface area contributed by atoms with Crippen molar-refractivity contribution in [3.8, 4) is 17.0 Å². The van der Waals surface area contributed by atoms with Crippen LogP contribution < -0.4 is 9.64 Å². The number of hydrogen-bond donors (Lipinski definition) is 1. The maximum atomic E-state index is 12.7. The smallest absolute Gasteiger partial charge is 0.465 e. The quantitative estimate of drug-likeness (QED) is 0.802. The van der Waals surface area contributed by atoms with Gasteiger partial charge in [0.15, 0.2) is 5.78 Å². The first-order valence-electron chi connectivity index (χ1n) is 8.52. The van der Waals surface area contributed by atoms with Crippen LogP contribution >= 0.6 is 0 Å². The van der Waals surface area contributed by atoms with Crippen molar-refractivity contribution >= 4 is 23.6 Å². The number of benzene rings is 1. The molecule has 1 aliphatic heterocycles. The lowest BCUT2D eigenvalue weighted by Crippen LogP contribution is -2.46. The predicted octanol–water partition coefficient (Wildman–Crippen LogP) is 2.33. The van der Waals surface area contributed by atoms with Crippen LogP contribution in [0.1, 0.15) is 6.42 Å². The van der Waals surface area contributed by atoms with Gasteiger partial charge in [0.2, 0.25) is 0 Å². The highest BCUT2D eigenvalue weighted by Gasteiger charge is 2.40. The lowest BCUT2D eigenvalue weighted by atomic mass is 10.1. The molecule has 12 heteroatoms. The van der Waals surface area contributed by atoms with E-state index in [9.17, 15) is 32.7 Å². The van der Waals surface area contributed by atoms with Crippen molar-refractivity contribution in [3.05, 3.63) is 36.7 Å². The fourth-order valence-electron chi connectivity index (χ4n) is 2.96. The number of Topliss-reactive ketones (excluding diaryl/α,β-unsaturated/α-hetero) is 1. The Bertz CT molecular complexity index is 981. The number of rotatable bonds is 4. The predicted molar refractivity (Wildman–Crippen MR) is 95.7 cm³/mol. The van der Waals surface area contributed by atoms with Gasteiger partial charge in [0.25, 0.3) is 5.91 Å². The van der Waals surface area contributed by atoms with Gasteiger partial charge in [-0.2, -0.15) is 0 Å². The number of amides is 2. The molecule has 0 saturated carbocycles. The van der Waals surface area contributed by atoms with Gasteiger partial charge in [-0.1, -0.05) is 0 Å². The summed E-state index contributed by atoms with van der Waals surface area (Å²) in [4.78, 5) is 45.5. The zero-order chi connectivity index (χ0) is 22.1. The molecule has 2 amide bonds. The molecule has 1 atom stereocenters. The van der Waals surface area contributed by atoms with Crippen molar-refractivity contribution in [2.45, 2.75) is 18.8 Å². The first-order chi connectivity index (χ1) is 14.0. The van der Waals surface area contributed by atoms with Crippen molar-refractivity contribution in [2.24, 2.45) is 0 Å². The average Bonchev–Trinajstić information content (AvgIpc) is 3.08. The number of aromatic nitrogens is 2. The second-order valence-electron chi connectivity index (χ2n) is 6.40. The van der Waals surface area contributed by atoms with Gasteiger partial charge in [0, 0.05) is 25.1 Å². The molecule has 9 nitrogen and oxygen atoms in total. The van der Waals surface area contributed by atoms with Gasteiger partial charge in [-0.05, 0) is 24.3 Å². The Morgan fingerprint density at radius 1 is 1.23 bits per heavy atom. The molecule has 0 radical (unpaired) electrons. The zero-order valence-electron chi connectivity index (χ0n) is 15.5. The SMILES string of the molecule is CN(C(=O)[C@@H]1CC(=O)CN1C(=O)O)c1cc(-c2ccc(OC(F)(F)F)cc2)ncn1. The van der Waals surface area contributed by atoms with E-state index < -0.39 is 30.2 Å². The standard InChI is InChI=1S/C18H15F3N4O5/c1-24(16(27)14-6-11(26)8-25(14)17(28)29)15-7-13(22-9-23-15)10-2-4-12(5-3-10)30-18(19,20)21/h2-5,7,9,14H,6,8H2,1H3,(H,28,29)/t14-/m0/s1. The van der Waals surface area contributed by atoms with E-state index in [2.05, 4.69) is 14.7 Å². The molecule has 1 N–H and O–H groups in total. The van der Waals surface area contributed by atoms with Crippen LogP contribution in [0.5, 0.6) is 5.75 Å². The molecule has 2 heterocycles. The first kappa shape index (κ1) is 21.0. The minimum absolute atomic E-state index is 0.130. The largest absolute Gasteiger partial charge is 0.573 e. The summed E-state index contributed by atoms with van der Waals surface area (Å²) >= 11 is 0. The minimum Gasteiger partial charge on any atom is -0.465 e. The number of likely N-dealkylation sites (tertiary alicyclic amines) is 1. The maximum Gasteiger partial charge on any atom is 0.573 e. The Morgan fingerprint density at radius 3 is 2.50 bits per heavy atom. The second kappa shape index (κ2) is 7.97. The number of ether oxygens (including phenoxy) is 1. The highest BCUT2D eigenvalue weighted by Crippen LogP contribution is 2.27. The molecule has 1 saturated heterocycles. The van der Waals surface area contributed by atoms with Crippen LogP contribution in [-0.2, 0) is 9.59 Å². The third kappa shape index (κ3) is 4.64. The van der Waals surface area contributed by atoms with E-state index in [1.165, 1.54) is 25.2 Å². The fraction of sp³-hybridized carbons (Fsp3) is 0.278. The summed E-state index contributed by atoms with van der Waals surface area (Å²) in [7, 11) is 1.37. The van der Waals surface area contributed by atoms with E-state index in [1.807, 2.05) is 0 Å². The van der Waals surface area contributed by atoms with Gasteiger partial charge in [0.05, 0.1) is 12.2 Å². The summed E-state index contributed by atoms with van der Waals surface area (Å²) in [6.07, 6.45) is -5.26. The topological polar surface area (TPSA) is 113 Å². The Morgan fingerprint density at radius 2 is 1.90 bits per heavy atom. The van der Waals surface area contributed by atoms with Gasteiger partial charge in [0.1, 0.15) is 23.9 Å². The number of carboxylic acid groups (broad SMARTS) is 1. The molecule has 1 aliphatic rings. The van der Waals surface area contributed by atoms with E-state index in [4.69, 9.17) is 0 Å². The maximum absolute atomic E-state index is 12.7. The molecule has 1 aromatic heterocycles. The number of nitrogens with zero attached hydrogens (tertiary/aromatic N) is 4. The summed E-state index contributed by atoms with van der Waals surface area (Å²) in [6, 6.07) is 5.22. The summed E-state index contributed by atoms with van der Waals surface area (Å²) in [6.45, 7) is -0.360. The van der Waals surface area contributed by atoms with Gasteiger partial charge in [-0.3, -0.25) is 19.4 Å². The van der Waals surface area contributed by atoms with E-state index in [0.29, 0.717) is 11.3 Å². The number of likely N-dealkylation sites (N-methyl/N-ethyl adjacent to an activating group) is 1. The Labute approximate surface area is 167 Å². The summed E-state index contributed by atoms with van der Waals surface area (Å²) in [5.41, 5.74) is 0.757. The van der Waals surface area contributed by atoms with Crippen molar-refractivity contribution in [1.29, 1.82) is 0 Å². The monoisotopic (exact) mass is 424 g/mol. The van der Waals surface area contributed by atoms with Gasteiger partial charge >= 0.3 is 12.5 Å². The number of carbonyl (C=O) groups excluding carboxylic acids is 2. The van der Waals surface area contributed by atoms with E-state index >= 15 is 0 Å². The Balaban J connectivity index is 1.80. The number of alkyl halides is 3. The van der Waals surface area contributed by atoms with Gasteiger partial charge in [-0.25, -0.2) is 14.8 Å². The average molecular weight is 424 g/mol. The second-order valence-corrected chi connectivity index (χ2v) is 6.40. The third-order valence-electron chi connectivity index (χ3n) is 4.39. The molecule has 0 aliphatic carbocycles. The van der Waals surface area contributed by atoms with Crippen LogP contribution in [0.2, 0.25) is 0 Å². The molecule has 1 fully saturated rings. The van der Waals surface area contributed by atoms with Crippen molar-refractivity contribution in [1.82, 2.24) is 14.9 Å². The summed E-state index contributed by atoms with van der Waals surface area (Å²) in [5.74, 6) is -1.27. The molecule has 3 rings (SSSR count). The van der Waals surface area contributed by atoms with Crippen LogP contribution in [-0.4, -0.2) is 63.8 Å². The molecule has 0 spiro atoms. The fourth-order valence-corrected chi connectivity index (χ4v) is 2.96. The lowest BCUT2D eigenvalue weighted by Gasteiger charge is -2.25. The highest BCUT2D eigenvalue weighted by atomic mass is 19.4. The summed E-state index contributed by atoms with van der Waals surface area (Å²) < 4.78 is 40.6. The van der Waals surface area contributed by atoms with E-state index in [-0.39, 0.29) is 24.6 Å². The number of halogens is 3. The number of ketones is 1. The lowest BCUT2D eigenvalue weighted by molar-refractivity contribution is -0.274. The molecular formula is C18H15F3N4O5. The Kier molecular flexibility index (Phi) is 5.58. The zero-order valence-corrected chi connectivity index (χ0v) is 15.5. The normalized spacial score (nSPS) is 16.5. The minimum atomic E-state index is -4.81. The number of anilines is 1. The summed E-state index contributed by atoms with van der Waals surface area (Å²) in [5, 5.41) is 9.19.